The van der Waals surface area contributed by atoms with Crippen molar-refractivity contribution >= 4 is 5.65 Å². The number of aromatic nitrogens is 4. The third-order valence-electron chi connectivity index (χ3n) is 4.14. The van der Waals surface area contributed by atoms with Crippen molar-refractivity contribution in [2.45, 2.75) is 33.4 Å². The van der Waals surface area contributed by atoms with Gasteiger partial charge in [0, 0.05) is 37.1 Å². The number of pyridine rings is 1. The molecule has 1 atom stereocenters. The number of rotatable bonds is 4. The zero-order chi connectivity index (χ0) is 15.0. The summed E-state index contributed by atoms with van der Waals surface area (Å²) < 4.78 is 4.05. The molecular weight excluding hydrogens is 262 g/mol. The molecule has 5 heteroatoms. The lowest BCUT2D eigenvalue weighted by atomic mass is 10.1. The van der Waals surface area contributed by atoms with E-state index in [4.69, 9.17) is 0 Å². The second-order valence-electron chi connectivity index (χ2n) is 5.48. The number of hydrogen-bond acceptors (Lipinski definition) is 3. The molecule has 0 radical (unpaired) electrons. The van der Waals surface area contributed by atoms with Crippen molar-refractivity contribution in [2.75, 3.05) is 0 Å². The normalized spacial score (nSPS) is 13.0. The van der Waals surface area contributed by atoms with Crippen LogP contribution in [0.2, 0.25) is 0 Å². The van der Waals surface area contributed by atoms with Crippen LogP contribution in [0, 0.1) is 13.8 Å². The molecule has 0 aliphatic carbocycles. The van der Waals surface area contributed by atoms with Gasteiger partial charge >= 0.3 is 0 Å². The Morgan fingerprint density at radius 2 is 2.10 bits per heavy atom. The van der Waals surface area contributed by atoms with Crippen LogP contribution in [0.5, 0.6) is 0 Å². The highest BCUT2D eigenvalue weighted by Crippen LogP contribution is 2.18. The summed E-state index contributed by atoms with van der Waals surface area (Å²) in [5.41, 5.74) is 5.72. The van der Waals surface area contributed by atoms with Crippen molar-refractivity contribution in [1.82, 2.24) is 24.5 Å². The zero-order valence-corrected chi connectivity index (χ0v) is 13.0. The molecule has 0 amide bonds. The lowest BCUT2D eigenvalue weighted by Gasteiger charge is -2.14. The van der Waals surface area contributed by atoms with Gasteiger partial charge in [0.15, 0.2) is 0 Å². The summed E-state index contributed by atoms with van der Waals surface area (Å²) in [5, 5.41) is 7.88. The average molecular weight is 283 g/mol. The molecule has 0 saturated carbocycles. The van der Waals surface area contributed by atoms with E-state index in [1.807, 2.05) is 36.1 Å². The molecule has 3 rings (SSSR count). The number of nitrogens with one attached hydrogen (secondary N) is 1. The van der Waals surface area contributed by atoms with Gasteiger partial charge < -0.3 is 9.72 Å². The molecular formula is C16H21N5. The van der Waals surface area contributed by atoms with Gasteiger partial charge in [-0.1, -0.05) is 6.07 Å². The maximum absolute atomic E-state index is 4.59. The molecule has 3 aromatic rings. The Morgan fingerprint density at radius 1 is 1.29 bits per heavy atom. The van der Waals surface area contributed by atoms with Crippen LogP contribution in [0.4, 0.5) is 0 Å². The first kappa shape index (κ1) is 13.8. The van der Waals surface area contributed by atoms with Crippen LogP contribution >= 0.6 is 0 Å². The molecule has 5 nitrogen and oxygen atoms in total. The first-order valence-electron chi connectivity index (χ1n) is 7.22. The van der Waals surface area contributed by atoms with Gasteiger partial charge in [0.2, 0.25) is 0 Å². The Kier molecular flexibility index (Phi) is 3.51. The number of imidazole rings is 1. The molecule has 0 aliphatic rings. The van der Waals surface area contributed by atoms with Crippen molar-refractivity contribution in [2.24, 2.45) is 7.05 Å². The van der Waals surface area contributed by atoms with Crippen molar-refractivity contribution in [3.63, 3.8) is 0 Å². The van der Waals surface area contributed by atoms with E-state index in [9.17, 15) is 0 Å². The monoisotopic (exact) mass is 283 g/mol. The van der Waals surface area contributed by atoms with Crippen LogP contribution in [-0.2, 0) is 13.6 Å². The van der Waals surface area contributed by atoms with Crippen LogP contribution in [0.1, 0.15) is 35.6 Å². The minimum atomic E-state index is 0.257. The van der Waals surface area contributed by atoms with Crippen LogP contribution in [0.25, 0.3) is 5.65 Å². The van der Waals surface area contributed by atoms with Crippen molar-refractivity contribution < 1.29 is 0 Å². The molecule has 3 heterocycles. The summed E-state index contributed by atoms with van der Waals surface area (Å²) >= 11 is 0. The zero-order valence-electron chi connectivity index (χ0n) is 13.0. The molecule has 0 aromatic carbocycles. The van der Waals surface area contributed by atoms with Crippen molar-refractivity contribution in [3.8, 4) is 0 Å². The van der Waals surface area contributed by atoms with Crippen molar-refractivity contribution in [1.29, 1.82) is 0 Å². The highest BCUT2D eigenvalue weighted by molar-refractivity contribution is 5.42. The molecule has 0 aliphatic heterocycles. The Bertz CT molecular complexity index is 768. The van der Waals surface area contributed by atoms with Gasteiger partial charge in [0.25, 0.3) is 0 Å². The van der Waals surface area contributed by atoms with Gasteiger partial charge in [-0.15, -0.1) is 0 Å². The highest BCUT2D eigenvalue weighted by atomic mass is 15.3. The van der Waals surface area contributed by atoms with Gasteiger partial charge in [-0.2, -0.15) is 5.10 Å². The fourth-order valence-electron chi connectivity index (χ4n) is 2.68. The fraction of sp³-hybridized carbons (Fsp3) is 0.375. The largest absolute Gasteiger partial charge is 0.304 e. The third kappa shape index (κ3) is 2.45. The number of aryl methyl sites for hydroxylation is 2. The molecule has 0 bridgehead atoms. The third-order valence-corrected chi connectivity index (χ3v) is 4.14. The van der Waals surface area contributed by atoms with E-state index in [2.05, 4.69) is 46.8 Å². The van der Waals surface area contributed by atoms with Crippen LogP contribution in [0.3, 0.4) is 0 Å². The molecule has 3 aromatic heterocycles. The number of hydrogen-bond donors (Lipinski definition) is 1. The Labute approximate surface area is 124 Å². The first-order chi connectivity index (χ1) is 10.1. The van der Waals surface area contributed by atoms with Gasteiger partial charge in [-0.25, -0.2) is 4.98 Å². The smallest absolute Gasteiger partial charge is 0.137 e. The molecule has 0 saturated heterocycles. The summed E-state index contributed by atoms with van der Waals surface area (Å²) in [6.45, 7) is 7.11. The Hall–Kier alpha value is -2.14. The van der Waals surface area contributed by atoms with Crippen LogP contribution < -0.4 is 5.32 Å². The lowest BCUT2D eigenvalue weighted by Crippen LogP contribution is -2.20. The summed E-state index contributed by atoms with van der Waals surface area (Å²) in [7, 11) is 1.97. The molecule has 110 valence electrons. The molecule has 0 spiro atoms. The molecule has 21 heavy (non-hydrogen) atoms. The summed E-state index contributed by atoms with van der Waals surface area (Å²) in [5.74, 6) is 0. The Balaban J connectivity index is 1.80. The summed E-state index contributed by atoms with van der Waals surface area (Å²) in [6, 6.07) is 6.34. The van der Waals surface area contributed by atoms with E-state index in [-0.39, 0.29) is 6.04 Å². The van der Waals surface area contributed by atoms with E-state index >= 15 is 0 Å². The average Bonchev–Trinajstić information content (AvgIpc) is 2.97. The lowest BCUT2D eigenvalue weighted by molar-refractivity contribution is 0.560. The predicted molar refractivity (Wildman–Crippen MR) is 83.1 cm³/mol. The minimum absolute atomic E-state index is 0.257. The summed E-state index contributed by atoms with van der Waals surface area (Å²) in [4.78, 5) is 4.59. The second-order valence-corrected chi connectivity index (χ2v) is 5.48. The van der Waals surface area contributed by atoms with Crippen LogP contribution in [-0.4, -0.2) is 19.2 Å². The van der Waals surface area contributed by atoms with Gasteiger partial charge in [0.1, 0.15) is 5.65 Å². The number of fused-ring (bicyclic) bond motifs is 1. The molecule has 1 N–H and O–H groups in total. The summed E-state index contributed by atoms with van der Waals surface area (Å²) in [6.07, 6.45) is 4.00. The SMILES string of the molecule is Cc1nc2ccccn2c1CNC(C)c1cnn(C)c1C. The van der Waals surface area contributed by atoms with E-state index in [1.54, 1.807) is 0 Å². The van der Waals surface area contributed by atoms with Gasteiger partial charge in [-0.05, 0) is 32.9 Å². The minimum Gasteiger partial charge on any atom is -0.304 e. The maximum Gasteiger partial charge on any atom is 0.137 e. The van der Waals surface area contributed by atoms with Crippen LogP contribution in [0.15, 0.2) is 30.6 Å². The predicted octanol–water partition coefficient (Wildman–Crippen LogP) is 2.54. The van der Waals surface area contributed by atoms with Gasteiger partial charge in [0.05, 0.1) is 17.6 Å². The van der Waals surface area contributed by atoms with Gasteiger partial charge in [-0.3, -0.25) is 4.68 Å². The van der Waals surface area contributed by atoms with E-state index in [0.717, 1.165) is 17.9 Å². The van der Waals surface area contributed by atoms with E-state index in [1.165, 1.54) is 17.0 Å². The Morgan fingerprint density at radius 3 is 2.81 bits per heavy atom. The fourth-order valence-corrected chi connectivity index (χ4v) is 2.68. The molecule has 1 unspecified atom stereocenters. The molecule has 0 fully saturated rings. The van der Waals surface area contributed by atoms with Crippen molar-refractivity contribution in [3.05, 3.63) is 53.2 Å². The maximum atomic E-state index is 4.59. The standard InChI is InChI=1S/C16H21N5/c1-11(14-9-18-20(4)13(14)3)17-10-15-12(2)19-16-7-5-6-8-21(15)16/h5-9,11,17H,10H2,1-4H3. The van der Waals surface area contributed by atoms with E-state index in [0.29, 0.717) is 0 Å². The van der Waals surface area contributed by atoms with E-state index < -0.39 is 0 Å². The quantitative estimate of drug-likeness (QED) is 0.800. The number of nitrogens with zero attached hydrogens (tertiary/aromatic N) is 4. The highest BCUT2D eigenvalue weighted by Gasteiger charge is 2.13. The first-order valence-corrected chi connectivity index (χ1v) is 7.22. The topological polar surface area (TPSA) is 47.1 Å². The second kappa shape index (κ2) is 5.33.